The first-order valence-corrected chi connectivity index (χ1v) is 4.93. The molecule has 1 rings (SSSR count). The molecule has 1 aromatic rings. The molecule has 0 aliphatic carbocycles. The van der Waals surface area contributed by atoms with Crippen LogP contribution in [0.15, 0.2) is 30.3 Å². The van der Waals surface area contributed by atoms with Crippen molar-refractivity contribution in [2.24, 2.45) is 0 Å². The lowest BCUT2D eigenvalue weighted by Gasteiger charge is -2.32. The first-order chi connectivity index (χ1) is 6.59. The highest BCUT2D eigenvalue weighted by Gasteiger charge is 2.27. The third-order valence-corrected chi connectivity index (χ3v) is 2.89. The van der Waals surface area contributed by atoms with Gasteiger partial charge in [-0.15, -0.1) is 0 Å². The van der Waals surface area contributed by atoms with Crippen LogP contribution in [0.25, 0.3) is 0 Å². The number of rotatable bonds is 4. The van der Waals surface area contributed by atoms with E-state index >= 15 is 0 Å². The van der Waals surface area contributed by atoms with Crippen LogP contribution in [0.4, 0.5) is 0 Å². The predicted molar refractivity (Wildman–Crippen MR) is 59.1 cm³/mol. The van der Waals surface area contributed by atoms with Crippen LogP contribution in [0.5, 0.6) is 0 Å². The summed E-state index contributed by atoms with van der Waals surface area (Å²) in [5, 5.41) is 0. The van der Waals surface area contributed by atoms with Crippen LogP contribution in [0, 0.1) is 0 Å². The largest absolute Gasteiger partial charge is 0.305 e. The van der Waals surface area contributed by atoms with E-state index in [0.29, 0.717) is 0 Å². The van der Waals surface area contributed by atoms with E-state index in [1.807, 2.05) is 6.07 Å². The van der Waals surface area contributed by atoms with E-state index in [0.717, 1.165) is 0 Å². The Hall–Kier alpha value is -0.860. The van der Waals surface area contributed by atoms with Crippen molar-refractivity contribution < 1.29 is 4.84 Å². The van der Waals surface area contributed by atoms with E-state index in [-0.39, 0.29) is 11.5 Å². The smallest absolute Gasteiger partial charge is 0.0572 e. The van der Waals surface area contributed by atoms with E-state index in [2.05, 4.69) is 50.5 Å². The van der Waals surface area contributed by atoms with Gasteiger partial charge in [-0.3, -0.25) is 0 Å². The average molecular weight is 193 g/mol. The molecule has 0 saturated carbocycles. The molecule has 2 heteroatoms. The monoisotopic (exact) mass is 193 g/mol. The molecule has 1 atom stereocenters. The molecule has 0 aliphatic rings. The Balaban J connectivity index is 2.84. The summed E-state index contributed by atoms with van der Waals surface area (Å²) in [6.45, 7) is 6.54. The molecule has 0 spiro atoms. The second-order valence-corrected chi connectivity index (χ2v) is 4.13. The van der Waals surface area contributed by atoms with Gasteiger partial charge in [0.1, 0.15) is 0 Å². The fourth-order valence-electron chi connectivity index (χ4n) is 1.44. The van der Waals surface area contributed by atoms with Gasteiger partial charge in [-0.2, -0.15) is 5.48 Å². The topological polar surface area (TPSA) is 21.3 Å². The predicted octanol–water partition coefficient (Wildman–Crippen LogP) is 2.50. The van der Waals surface area contributed by atoms with E-state index in [1.54, 1.807) is 7.11 Å². The van der Waals surface area contributed by atoms with Crippen LogP contribution in [-0.4, -0.2) is 13.2 Å². The van der Waals surface area contributed by atoms with Gasteiger partial charge in [-0.1, -0.05) is 44.2 Å². The van der Waals surface area contributed by atoms with Gasteiger partial charge in [0, 0.05) is 11.5 Å². The normalized spacial score (nSPS) is 14.0. The van der Waals surface area contributed by atoms with Crippen molar-refractivity contribution in [1.29, 1.82) is 0 Å². The van der Waals surface area contributed by atoms with Crippen molar-refractivity contribution in [3.63, 3.8) is 0 Å². The van der Waals surface area contributed by atoms with Crippen molar-refractivity contribution in [2.75, 3.05) is 7.11 Å². The Kier molecular flexibility index (Phi) is 3.67. The number of nitrogens with one attached hydrogen (secondary N) is 1. The Morgan fingerprint density at radius 1 is 1.21 bits per heavy atom. The second kappa shape index (κ2) is 4.58. The number of hydrogen-bond acceptors (Lipinski definition) is 2. The molecule has 1 N–H and O–H groups in total. The molecule has 0 saturated heterocycles. The molecule has 0 radical (unpaired) electrons. The van der Waals surface area contributed by atoms with Gasteiger partial charge in [-0.25, -0.2) is 0 Å². The van der Waals surface area contributed by atoms with Crippen LogP contribution < -0.4 is 5.48 Å². The molecule has 0 bridgehead atoms. The van der Waals surface area contributed by atoms with Crippen molar-refractivity contribution in [3.05, 3.63) is 35.9 Å². The first-order valence-electron chi connectivity index (χ1n) is 4.93. The summed E-state index contributed by atoms with van der Waals surface area (Å²) < 4.78 is 0. The summed E-state index contributed by atoms with van der Waals surface area (Å²) in [6.07, 6.45) is 0. The maximum Gasteiger partial charge on any atom is 0.0572 e. The lowest BCUT2D eigenvalue weighted by Crippen LogP contribution is -2.42. The highest BCUT2D eigenvalue weighted by Crippen LogP contribution is 2.26. The standard InChI is InChI=1S/C12H19NO/c1-10(13-14-4)12(2,3)11-8-6-5-7-9-11/h5-10,13H,1-4H3. The fraction of sp³-hybridized carbons (Fsp3) is 0.500. The number of hydrogen-bond donors (Lipinski definition) is 1. The zero-order valence-electron chi connectivity index (χ0n) is 9.37. The van der Waals surface area contributed by atoms with Gasteiger partial charge in [0.2, 0.25) is 0 Å². The number of hydroxylamine groups is 1. The zero-order valence-corrected chi connectivity index (χ0v) is 9.37. The SMILES string of the molecule is CONC(C)C(C)(C)c1ccccc1. The Labute approximate surface area is 86.2 Å². The van der Waals surface area contributed by atoms with Gasteiger partial charge >= 0.3 is 0 Å². The molecular formula is C12H19NO. The zero-order chi connectivity index (χ0) is 10.6. The van der Waals surface area contributed by atoms with Crippen LogP contribution in [0.1, 0.15) is 26.3 Å². The van der Waals surface area contributed by atoms with Gasteiger partial charge in [0.15, 0.2) is 0 Å². The summed E-state index contributed by atoms with van der Waals surface area (Å²) >= 11 is 0. The molecule has 78 valence electrons. The third kappa shape index (κ3) is 2.34. The van der Waals surface area contributed by atoms with Gasteiger partial charge in [-0.05, 0) is 12.5 Å². The van der Waals surface area contributed by atoms with E-state index < -0.39 is 0 Å². The van der Waals surface area contributed by atoms with Crippen molar-refractivity contribution >= 4 is 0 Å². The maximum absolute atomic E-state index is 4.96. The highest BCUT2D eigenvalue weighted by atomic mass is 16.6. The second-order valence-electron chi connectivity index (χ2n) is 4.13. The quantitative estimate of drug-likeness (QED) is 0.742. The third-order valence-electron chi connectivity index (χ3n) is 2.89. The van der Waals surface area contributed by atoms with Crippen LogP contribution >= 0.6 is 0 Å². The first kappa shape index (κ1) is 11.2. The lowest BCUT2D eigenvalue weighted by atomic mass is 9.79. The summed E-state index contributed by atoms with van der Waals surface area (Å²) in [4.78, 5) is 4.96. The Morgan fingerprint density at radius 2 is 1.79 bits per heavy atom. The van der Waals surface area contributed by atoms with E-state index in [9.17, 15) is 0 Å². The molecule has 0 amide bonds. The Morgan fingerprint density at radius 3 is 2.29 bits per heavy atom. The summed E-state index contributed by atoms with van der Waals surface area (Å²) in [7, 11) is 1.65. The van der Waals surface area contributed by atoms with Crippen molar-refractivity contribution in [2.45, 2.75) is 32.2 Å². The average Bonchev–Trinajstić information content (AvgIpc) is 2.19. The molecule has 0 aliphatic heterocycles. The maximum atomic E-state index is 4.96. The Bertz CT molecular complexity index is 269. The van der Waals surface area contributed by atoms with Crippen LogP contribution in [0.3, 0.4) is 0 Å². The van der Waals surface area contributed by atoms with E-state index in [4.69, 9.17) is 4.84 Å². The highest BCUT2D eigenvalue weighted by molar-refractivity contribution is 5.25. The molecule has 14 heavy (non-hydrogen) atoms. The molecule has 1 unspecified atom stereocenters. The van der Waals surface area contributed by atoms with Crippen LogP contribution in [-0.2, 0) is 10.3 Å². The van der Waals surface area contributed by atoms with Crippen molar-refractivity contribution in [1.82, 2.24) is 5.48 Å². The minimum absolute atomic E-state index is 0.0667. The molecule has 2 nitrogen and oxygen atoms in total. The minimum Gasteiger partial charge on any atom is -0.305 e. The summed E-state index contributed by atoms with van der Waals surface area (Å²) in [6, 6.07) is 10.7. The molecular weight excluding hydrogens is 174 g/mol. The van der Waals surface area contributed by atoms with Gasteiger partial charge < -0.3 is 4.84 Å². The van der Waals surface area contributed by atoms with Gasteiger partial charge in [0.25, 0.3) is 0 Å². The molecule has 0 fully saturated rings. The minimum atomic E-state index is 0.0667. The fourth-order valence-corrected chi connectivity index (χ4v) is 1.44. The molecule has 0 aromatic heterocycles. The summed E-state index contributed by atoms with van der Waals surface area (Å²) in [5.74, 6) is 0. The lowest BCUT2D eigenvalue weighted by molar-refractivity contribution is 0.0447. The van der Waals surface area contributed by atoms with Gasteiger partial charge in [0.05, 0.1) is 7.11 Å². The molecule has 1 aromatic carbocycles. The summed E-state index contributed by atoms with van der Waals surface area (Å²) in [5.41, 5.74) is 4.37. The molecule has 0 heterocycles. The number of benzene rings is 1. The van der Waals surface area contributed by atoms with E-state index in [1.165, 1.54) is 5.56 Å². The van der Waals surface area contributed by atoms with Crippen molar-refractivity contribution in [3.8, 4) is 0 Å². The van der Waals surface area contributed by atoms with Crippen LogP contribution in [0.2, 0.25) is 0 Å².